The van der Waals surface area contributed by atoms with E-state index in [1.165, 1.54) is 18.2 Å². The third-order valence-electron chi connectivity index (χ3n) is 7.13. The summed E-state index contributed by atoms with van der Waals surface area (Å²) >= 11 is 9.74. The van der Waals surface area contributed by atoms with Gasteiger partial charge in [-0.25, -0.2) is 13.1 Å². The summed E-state index contributed by atoms with van der Waals surface area (Å²) in [4.78, 5) is 38.4. The summed E-state index contributed by atoms with van der Waals surface area (Å²) < 4.78 is 67.7. The first-order valence-corrected chi connectivity index (χ1v) is 17.2. The molecule has 1 atom stereocenters. The fourth-order valence-electron chi connectivity index (χ4n) is 4.67. The topological polar surface area (TPSA) is 127 Å². The normalized spacial score (nSPS) is 15.1. The van der Waals surface area contributed by atoms with Crippen molar-refractivity contribution < 1.29 is 36.1 Å². The van der Waals surface area contributed by atoms with E-state index >= 15 is 0 Å². The highest BCUT2D eigenvalue weighted by molar-refractivity contribution is 9.10. The molecule has 4 aromatic rings. The van der Waals surface area contributed by atoms with Crippen molar-refractivity contribution in [3.05, 3.63) is 133 Å². The summed E-state index contributed by atoms with van der Waals surface area (Å²) in [5.41, 5.74) is 1.27. The number of hydrogen-bond donors (Lipinski definition) is 1. The molecule has 48 heavy (non-hydrogen) atoms. The molecule has 5 rings (SSSR count). The Bertz CT molecular complexity index is 2040. The third-order valence-corrected chi connectivity index (χ3v) is 10.3. The quantitative estimate of drug-likeness (QED) is 0.0809. The number of halogens is 4. The van der Waals surface area contributed by atoms with Gasteiger partial charge >= 0.3 is 6.18 Å². The lowest BCUT2D eigenvalue weighted by Crippen LogP contribution is -2.51. The standard InChI is InChI=1S/C32H21BrF3N3O6S3/c33-24-11-3-19(4-12-24)17-27(29(40)37-48(44,45)26-15-13-25(14-16-26)39(42)43)38-30(41)28(47-31(38)46)18-20-1-5-21(6-2-20)22-7-9-23(10-8-22)32(34,35)36/h1-16,18,27H,17H2,(H,37,40)/b28-18-/t27-/m0/s1. The number of hydrogen-bond acceptors (Lipinski definition) is 8. The van der Waals surface area contributed by atoms with Crippen molar-refractivity contribution in [2.45, 2.75) is 23.5 Å². The number of nitro groups is 1. The Morgan fingerprint density at radius 3 is 2.06 bits per heavy atom. The van der Waals surface area contributed by atoms with Crippen LogP contribution < -0.4 is 4.72 Å². The van der Waals surface area contributed by atoms with Crippen molar-refractivity contribution in [3.8, 4) is 11.1 Å². The first-order chi connectivity index (χ1) is 22.6. The fraction of sp³-hybridized carbons (Fsp3) is 0.0938. The van der Waals surface area contributed by atoms with Gasteiger partial charge in [-0.2, -0.15) is 13.2 Å². The Balaban J connectivity index is 1.39. The maximum Gasteiger partial charge on any atom is 0.416 e. The van der Waals surface area contributed by atoms with Gasteiger partial charge in [0.2, 0.25) is 0 Å². The molecule has 1 N–H and O–H groups in total. The second-order valence-electron chi connectivity index (χ2n) is 10.3. The van der Waals surface area contributed by atoms with Gasteiger partial charge in [0.05, 0.1) is 20.3 Å². The van der Waals surface area contributed by atoms with Crippen LogP contribution in [0.1, 0.15) is 16.7 Å². The van der Waals surface area contributed by atoms with Gasteiger partial charge in [0, 0.05) is 23.0 Å². The zero-order valence-electron chi connectivity index (χ0n) is 24.2. The molecule has 4 aromatic carbocycles. The maximum absolute atomic E-state index is 13.7. The number of nitro benzene ring substituents is 1. The summed E-state index contributed by atoms with van der Waals surface area (Å²) in [5, 5.41) is 11.0. The van der Waals surface area contributed by atoms with Crippen LogP contribution in [0.2, 0.25) is 0 Å². The van der Waals surface area contributed by atoms with Crippen LogP contribution in [-0.4, -0.2) is 40.4 Å². The van der Waals surface area contributed by atoms with Crippen LogP contribution in [-0.2, 0) is 32.2 Å². The maximum atomic E-state index is 13.7. The number of carbonyl (C=O) groups excluding carboxylic acids is 2. The molecule has 0 spiro atoms. The molecular formula is C32H21BrF3N3O6S3. The van der Waals surface area contributed by atoms with Crippen LogP contribution in [0.4, 0.5) is 18.9 Å². The van der Waals surface area contributed by atoms with Gasteiger partial charge in [0.15, 0.2) is 0 Å². The van der Waals surface area contributed by atoms with Gasteiger partial charge < -0.3 is 0 Å². The molecule has 0 aliphatic carbocycles. The number of non-ortho nitro benzene ring substituents is 1. The highest BCUT2D eigenvalue weighted by atomic mass is 79.9. The number of sulfonamides is 1. The van der Waals surface area contributed by atoms with Gasteiger partial charge in [-0.1, -0.05) is 88.4 Å². The molecule has 1 saturated heterocycles. The number of amides is 2. The zero-order chi connectivity index (χ0) is 34.8. The molecule has 9 nitrogen and oxygen atoms in total. The number of thioether (sulfide) groups is 1. The SMILES string of the molecule is O=C(NS(=O)(=O)c1ccc([N+](=O)[O-])cc1)[C@H](Cc1ccc(Br)cc1)N1C(=O)/C(=C/c2ccc(-c3ccc(C(F)(F)F)cc3)cc2)SC1=S. The zero-order valence-corrected chi connectivity index (χ0v) is 28.2. The molecule has 0 unspecified atom stereocenters. The van der Waals surface area contributed by atoms with Gasteiger partial charge in [0.25, 0.3) is 27.5 Å². The minimum Gasteiger partial charge on any atom is -0.280 e. The highest BCUT2D eigenvalue weighted by Crippen LogP contribution is 2.36. The van der Waals surface area contributed by atoms with Gasteiger partial charge in [-0.3, -0.25) is 24.6 Å². The molecule has 1 heterocycles. The molecule has 16 heteroatoms. The number of nitrogens with zero attached hydrogens (tertiary/aromatic N) is 2. The van der Waals surface area contributed by atoms with Gasteiger partial charge in [-0.05, 0) is 64.7 Å². The summed E-state index contributed by atoms with van der Waals surface area (Å²) in [6, 6.07) is 20.8. The minimum atomic E-state index is -4.50. The molecule has 0 bridgehead atoms. The Morgan fingerprint density at radius 2 is 1.52 bits per heavy atom. The van der Waals surface area contributed by atoms with Crippen LogP contribution >= 0.6 is 39.9 Å². The molecule has 1 fully saturated rings. The van der Waals surface area contributed by atoms with E-state index in [1.807, 2.05) is 4.72 Å². The van der Waals surface area contributed by atoms with E-state index in [9.17, 15) is 41.3 Å². The lowest BCUT2D eigenvalue weighted by Gasteiger charge is -2.26. The number of nitrogens with one attached hydrogen (secondary N) is 1. The van der Waals surface area contributed by atoms with Crippen LogP contribution in [0.5, 0.6) is 0 Å². The van der Waals surface area contributed by atoms with Crippen molar-refractivity contribution in [1.29, 1.82) is 0 Å². The molecule has 0 saturated carbocycles. The molecular weight excluding hydrogens is 755 g/mol. The predicted molar refractivity (Wildman–Crippen MR) is 182 cm³/mol. The van der Waals surface area contributed by atoms with E-state index in [0.717, 1.165) is 57.5 Å². The molecule has 0 radical (unpaired) electrons. The number of benzene rings is 4. The van der Waals surface area contributed by atoms with Crippen molar-refractivity contribution in [3.63, 3.8) is 0 Å². The first kappa shape index (κ1) is 34.9. The van der Waals surface area contributed by atoms with Crippen LogP contribution in [0, 0.1) is 10.1 Å². The van der Waals surface area contributed by atoms with Crippen molar-refractivity contribution >= 4 is 77.8 Å². The Labute approximate surface area is 290 Å². The first-order valence-electron chi connectivity index (χ1n) is 13.7. The number of alkyl halides is 3. The van der Waals surface area contributed by atoms with Crippen molar-refractivity contribution in [2.75, 3.05) is 0 Å². The average Bonchev–Trinajstić information content (AvgIpc) is 3.32. The average molecular weight is 777 g/mol. The van der Waals surface area contributed by atoms with Crippen LogP contribution in [0.25, 0.3) is 17.2 Å². The van der Waals surface area contributed by atoms with Gasteiger partial charge in [0.1, 0.15) is 10.4 Å². The van der Waals surface area contributed by atoms with Gasteiger partial charge in [-0.15, -0.1) is 0 Å². The smallest absolute Gasteiger partial charge is 0.280 e. The molecule has 246 valence electrons. The monoisotopic (exact) mass is 775 g/mol. The van der Waals surface area contributed by atoms with E-state index in [1.54, 1.807) is 48.5 Å². The third kappa shape index (κ3) is 8.01. The summed E-state index contributed by atoms with van der Waals surface area (Å²) in [6.45, 7) is 0. The van der Waals surface area contributed by atoms with E-state index in [2.05, 4.69) is 15.9 Å². The summed E-state index contributed by atoms with van der Waals surface area (Å²) in [6.07, 6.45) is -3.01. The number of rotatable bonds is 9. The minimum absolute atomic E-state index is 0.0117. The number of carbonyl (C=O) groups is 2. The Morgan fingerprint density at radius 1 is 0.958 bits per heavy atom. The van der Waals surface area contributed by atoms with Crippen molar-refractivity contribution in [2.24, 2.45) is 0 Å². The summed E-state index contributed by atoms with van der Waals surface area (Å²) in [5.74, 6) is -1.68. The Kier molecular flexibility index (Phi) is 10.2. The molecule has 2 amide bonds. The van der Waals surface area contributed by atoms with E-state index in [0.29, 0.717) is 22.3 Å². The number of thiocarbonyl (C=S) groups is 1. The molecule has 1 aliphatic rings. The largest absolute Gasteiger partial charge is 0.416 e. The highest BCUT2D eigenvalue weighted by Gasteiger charge is 2.41. The van der Waals surface area contributed by atoms with Crippen LogP contribution in [0.15, 0.2) is 111 Å². The van der Waals surface area contributed by atoms with E-state index < -0.39 is 49.4 Å². The van der Waals surface area contributed by atoms with Crippen molar-refractivity contribution in [1.82, 2.24) is 9.62 Å². The second kappa shape index (κ2) is 14.0. The lowest BCUT2D eigenvalue weighted by atomic mass is 10.0. The fourth-order valence-corrected chi connectivity index (χ4v) is 7.31. The molecule has 1 aliphatic heterocycles. The summed E-state index contributed by atoms with van der Waals surface area (Å²) in [7, 11) is -4.50. The molecule has 0 aromatic heterocycles. The predicted octanol–water partition coefficient (Wildman–Crippen LogP) is 7.36. The second-order valence-corrected chi connectivity index (χ2v) is 14.6. The van der Waals surface area contributed by atoms with E-state index in [4.69, 9.17) is 12.2 Å². The lowest BCUT2D eigenvalue weighted by molar-refractivity contribution is -0.384. The van der Waals surface area contributed by atoms with Crippen LogP contribution in [0.3, 0.4) is 0 Å². The van der Waals surface area contributed by atoms with E-state index in [-0.39, 0.29) is 21.3 Å². The Hall–Kier alpha value is -4.38.